The molecule has 1 saturated heterocycles. The Morgan fingerprint density at radius 2 is 1.57 bits per heavy atom. The highest BCUT2D eigenvalue weighted by molar-refractivity contribution is 7.93. The molecule has 1 fully saturated rings. The van der Waals surface area contributed by atoms with E-state index in [1.807, 2.05) is 48.5 Å². The highest BCUT2D eigenvalue weighted by Gasteiger charge is 2.30. The number of likely N-dealkylation sites (tertiary alicyclic amines) is 1. The number of rotatable bonds is 7. The fourth-order valence-corrected chi connectivity index (χ4v) is 6.88. The number of aromatic nitrogens is 1. The van der Waals surface area contributed by atoms with Gasteiger partial charge >= 0.3 is 0 Å². The van der Waals surface area contributed by atoms with Gasteiger partial charge in [0.05, 0.1) is 10.6 Å². The molecule has 8 heteroatoms. The predicted molar refractivity (Wildman–Crippen MR) is 137 cm³/mol. The highest BCUT2D eigenvalue weighted by atomic mass is 32.2. The smallest absolute Gasteiger partial charge is 0.263 e. The Morgan fingerprint density at radius 3 is 2.26 bits per heavy atom. The van der Waals surface area contributed by atoms with Crippen LogP contribution in [-0.4, -0.2) is 43.3 Å². The first-order chi connectivity index (χ1) is 17.0. The summed E-state index contributed by atoms with van der Waals surface area (Å²) < 4.78 is 26.4. The molecular weight excluding hydrogens is 478 g/mol. The summed E-state index contributed by atoms with van der Waals surface area (Å²) >= 11 is 0.926. The molecular formula is C27H25N3O3S2. The Labute approximate surface area is 209 Å². The molecule has 0 spiro atoms. The number of carbonyl (C=O) groups is 1. The van der Waals surface area contributed by atoms with Crippen molar-refractivity contribution in [3.05, 3.63) is 101 Å². The Balaban J connectivity index is 1.39. The van der Waals surface area contributed by atoms with E-state index >= 15 is 0 Å². The summed E-state index contributed by atoms with van der Waals surface area (Å²) in [5, 5.41) is 3.12. The average Bonchev–Trinajstić information content (AvgIpc) is 3.53. The minimum absolute atomic E-state index is 0.00823. The van der Waals surface area contributed by atoms with Crippen molar-refractivity contribution < 1.29 is 13.2 Å². The molecule has 5 rings (SSSR count). The lowest BCUT2D eigenvalue weighted by Crippen LogP contribution is -2.36. The standard InChI is InChI=1S/C27H25N3O3S2/c31-26(28-22-16-17-30(19-22)18-20-10-4-1-5-11-20)25-24(21-12-6-2-7-13-21)29-27(34-25)35(32,33)23-14-8-3-9-15-23/h1-15,22H,16-19H2,(H,28,31). The molecule has 1 aromatic heterocycles. The van der Waals surface area contributed by atoms with Crippen molar-refractivity contribution in [1.82, 2.24) is 15.2 Å². The van der Waals surface area contributed by atoms with Crippen LogP contribution in [0.3, 0.4) is 0 Å². The molecule has 0 radical (unpaired) electrons. The van der Waals surface area contributed by atoms with E-state index in [2.05, 4.69) is 27.3 Å². The average molecular weight is 504 g/mol. The van der Waals surface area contributed by atoms with E-state index in [9.17, 15) is 13.2 Å². The van der Waals surface area contributed by atoms with Crippen LogP contribution in [0, 0.1) is 0 Å². The van der Waals surface area contributed by atoms with Crippen LogP contribution in [0.4, 0.5) is 0 Å². The fourth-order valence-electron chi connectivity index (χ4n) is 4.25. The number of hydrogen-bond acceptors (Lipinski definition) is 6. The summed E-state index contributed by atoms with van der Waals surface area (Å²) in [5.41, 5.74) is 2.34. The molecule has 3 aromatic carbocycles. The topological polar surface area (TPSA) is 79.4 Å². The SMILES string of the molecule is O=C(NC1CCN(Cc2ccccc2)C1)c1sc(S(=O)(=O)c2ccccc2)nc1-c1ccccc1. The first-order valence-electron chi connectivity index (χ1n) is 11.4. The highest BCUT2D eigenvalue weighted by Crippen LogP contribution is 2.33. The van der Waals surface area contributed by atoms with E-state index in [-0.39, 0.29) is 21.2 Å². The second-order valence-corrected chi connectivity index (χ2v) is 11.6. The lowest BCUT2D eigenvalue weighted by Gasteiger charge is -2.16. The maximum absolute atomic E-state index is 13.4. The molecule has 0 aliphatic carbocycles. The molecule has 1 unspecified atom stereocenters. The number of carbonyl (C=O) groups excluding carboxylic acids is 1. The van der Waals surface area contributed by atoms with Crippen LogP contribution < -0.4 is 5.32 Å². The molecule has 35 heavy (non-hydrogen) atoms. The minimum atomic E-state index is -3.83. The van der Waals surface area contributed by atoms with E-state index in [1.165, 1.54) is 5.56 Å². The zero-order chi connectivity index (χ0) is 24.3. The number of thiazole rings is 1. The van der Waals surface area contributed by atoms with Crippen LogP contribution in [0.15, 0.2) is 100 Å². The minimum Gasteiger partial charge on any atom is -0.347 e. The first kappa shape index (κ1) is 23.4. The summed E-state index contributed by atoms with van der Waals surface area (Å²) in [6.07, 6.45) is 0.840. The van der Waals surface area contributed by atoms with E-state index < -0.39 is 9.84 Å². The molecule has 2 heterocycles. The molecule has 1 aliphatic heterocycles. The summed E-state index contributed by atoms with van der Waals surface area (Å²) in [7, 11) is -3.83. The second-order valence-electron chi connectivity index (χ2n) is 8.52. The number of sulfone groups is 1. The van der Waals surface area contributed by atoms with E-state index in [1.54, 1.807) is 30.3 Å². The van der Waals surface area contributed by atoms with Gasteiger partial charge in [-0.15, -0.1) is 0 Å². The zero-order valence-corrected chi connectivity index (χ0v) is 20.6. The predicted octanol–water partition coefficient (Wildman–Crippen LogP) is 4.65. The molecule has 1 N–H and O–H groups in total. The summed E-state index contributed by atoms with van der Waals surface area (Å²) in [6, 6.07) is 27.7. The molecule has 0 bridgehead atoms. The van der Waals surface area contributed by atoms with Gasteiger partial charge in [-0.05, 0) is 24.1 Å². The fraction of sp³-hybridized carbons (Fsp3) is 0.185. The van der Waals surface area contributed by atoms with E-state index in [0.717, 1.165) is 37.4 Å². The van der Waals surface area contributed by atoms with Gasteiger partial charge in [0.15, 0.2) is 0 Å². The van der Waals surface area contributed by atoms with Crippen molar-refractivity contribution in [3.8, 4) is 11.3 Å². The Kier molecular flexibility index (Phi) is 6.77. The molecule has 6 nitrogen and oxygen atoms in total. The van der Waals surface area contributed by atoms with Crippen molar-refractivity contribution in [2.75, 3.05) is 13.1 Å². The second kappa shape index (κ2) is 10.1. The zero-order valence-electron chi connectivity index (χ0n) is 19.0. The lowest BCUT2D eigenvalue weighted by atomic mass is 10.1. The third kappa shape index (κ3) is 5.19. The van der Waals surface area contributed by atoms with E-state index in [0.29, 0.717) is 16.1 Å². The quantitative estimate of drug-likeness (QED) is 0.397. The monoisotopic (exact) mass is 503 g/mol. The Hall–Kier alpha value is -3.33. The van der Waals surface area contributed by atoms with Crippen molar-refractivity contribution in [2.45, 2.75) is 28.2 Å². The number of hydrogen-bond donors (Lipinski definition) is 1. The molecule has 178 valence electrons. The van der Waals surface area contributed by atoms with Crippen LogP contribution >= 0.6 is 11.3 Å². The van der Waals surface area contributed by atoms with Crippen molar-refractivity contribution in [3.63, 3.8) is 0 Å². The maximum atomic E-state index is 13.4. The Morgan fingerprint density at radius 1 is 0.943 bits per heavy atom. The Bertz CT molecular complexity index is 1410. The number of amides is 1. The molecule has 4 aromatic rings. The number of nitrogens with zero attached hydrogens (tertiary/aromatic N) is 2. The first-order valence-corrected chi connectivity index (χ1v) is 13.7. The van der Waals surface area contributed by atoms with Crippen LogP contribution in [0.5, 0.6) is 0 Å². The molecule has 1 amide bonds. The molecule has 1 atom stereocenters. The van der Waals surface area contributed by atoms with E-state index in [4.69, 9.17) is 0 Å². The van der Waals surface area contributed by atoms with Crippen molar-refractivity contribution >= 4 is 27.1 Å². The van der Waals surface area contributed by atoms with Gasteiger partial charge in [-0.25, -0.2) is 13.4 Å². The van der Waals surface area contributed by atoms with Gasteiger partial charge in [-0.2, -0.15) is 0 Å². The van der Waals surface area contributed by atoms with Crippen molar-refractivity contribution in [2.24, 2.45) is 0 Å². The van der Waals surface area contributed by atoms with Gasteiger partial charge in [0, 0.05) is 31.2 Å². The molecule has 1 aliphatic rings. The van der Waals surface area contributed by atoms with Crippen LogP contribution in [-0.2, 0) is 16.4 Å². The van der Waals surface area contributed by atoms with Gasteiger partial charge < -0.3 is 5.32 Å². The van der Waals surface area contributed by atoms with Gasteiger partial charge in [0.1, 0.15) is 4.88 Å². The van der Waals surface area contributed by atoms with Crippen LogP contribution in [0.25, 0.3) is 11.3 Å². The third-order valence-corrected chi connectivity index (χ3v) is 9.20. The van der Waals surface area contributed by atoms with Gasteiger partial charge in [-0.3, -0.25) is 9.69 Å². The maximum Gasteiger partial charge on any atom is 0.263 e. The van der Waals surface area contributed by atoms with Gasteiger partial charge in [0.25, 0.3) is 5.91 Å². The largest absolute Gasteiger partial charge is 0.347 e. The summed E-state index contributed by atoms with van der Waals surface area (Å²) in [5.74, 6) is -0.289. The number of benzene rings is 3. The normalized spacial score (nSPS) is 16.3. The van der Waals surface area contributed by atoms with Gasteiger partial charge in [0.2, 0.25) is 14.2 Å². The molecule has 0 saturated carbocycles. The van der Waals surface area contributed by atoms with Crippen LogP contribution in [0.2, 0.25) is 0 Å². The lowest BCUT2D eigenvalue weighted by molar-refractivity contribution is 0.0942. The number of nitrogens with one attached hydrogen (secondary N) is 1. The van der Waals surface area contributed by atoms with Crippen molar-refractivity contribution in [1.29, 1.82) is 0 Å². The third-order valence-electron chi connectivity index (χ3n) is 6.00. The van der Waals surface area contributed by atoms with Crippen LogP contribution in [0.1, 0.15) is 21.7 Å². The summed E-state index contributed by atoms with van der Waals surface area (Å²) in [6.45, 7) is 2.47. The van der Waals surface area contributed by atoms with Gasteiger partial charge in [-0.1, -0.05) is 90.2 Å². The summed E-state index contributed by atoms with van der Waals surface area (Å²) in [4.78, 5) is 20.6.